The molecule has 4 nitrogen and oxygen atoms in total. The molecule has 31 heavy (non-hydrogen) atoms. The SMILES string of the molecule is N[C@H]1CC[C@H](C(=O)N2N=C(c3cc(F)ccc3F)SC23CCCc2ccccc23)CC1. The number of nitrogens with two attached hydrogens (primary N) is 1. The van der Waals surface area contributed by atoms with Crippen molar-refractivity contribution in [1.29, 1.82) is 0 Å². The van der Waals surface area contributed by atoms with Gasteiger partial charge in [-0.3, -0.25) is 4.79 Å². The van der Waals surface area contributed by atoms with Crippen LogP contribution in [-0.2, 0) is 16.1 Å². The molecule has 2 aromatic carbocycles. The maximum absolute atomic E-state index is 14.6. The van der Waals surface area contributed by atoms with E-state index in [4.69, 9.17) is 5.73 Å². The van der Waals surface area contributed by atoms with Gasteiger partial charge in [-0.25, -0.2) is 13.8 Å². The first-order valence-electron chi connectivity index (χ1n) is 10.9. The Morgan fingerprint density at radius 1 is 1.13 bits per heavy atom. The Morgan fingerprint density at radius 3 is 2.71 bits per heavy atom. The highest BCUT2D eigenvalue weighted by Gasteiger charge is 2.52. The molecule has 162 valence electrons. The van der Waals surface area contributed by atoms with E-state index in [2.05, 4.69) is 11.2 Å². The molecule has 1 aliphatic heterocycles. The van der Waals surface area contributed by atoms with Crippen molar-refractivity contribution in [3.8, 4) is 0 Å². The minimum Gasteiger partial charge on any atom is -0.328 e. The highest BCUT2D eigenvalue weighted by atomic mass is 32.2. The molecule has 0 radical (unpaired) electrons. The van der Waals surface area contributed by atoms with Crippen molar-refractivity contribution >= 4 is 22.7 Å². The van der Waals surface area contributed by atoms with Crippen LogP contribution < -0.4 is 5.73 Å². The van der Waals surface area contributed by atoms with E-state index in [1.165, 1.54) is 17.3 Å². The molecule has 1 unspecified atom stereocenters. The lowest BCUT2D eigenvalue weighted by molar-refractivity contribution is -0.140. The van der Waals surface area contributed by atoms with Gasteiger partial charge in [0.1, 0.15) is 21.5 Å². The monoisotopic (exact) mass is 441 g/mol. The zero-order chi connectivity index (χ0) is 21.6. The van der Waals surface area contributed by atoms with Gasteiger partial charge < -0.3 is 5.73 Å². The molecule has 2 aromatic rings. The summed E-state index contributed by atoms with van der Waals surface area (Å²) in [6, 6.07) is 11.6. The van der Waals surface area contributed by atoms with E-state index >= 15 is 0 Å². The molecule has 0 aromatic heterocycles. The van der Waals surface area contributed by atoms with E-state index in [1.807, 2.05) is 18.2 Å². The van der Waals surface area contributed by atoms with Crippen molar-refractivity contribution in [3.63, 3.8) is 0 Å². The summed E-state index contributed by atoms with van der Waals surface area (Å²) in [7, 11) is 0. The van der Waals surface area contributed by atoms with Crippen LogP contribution in [0, 0.1) is 17.6 Å². The Labute approximate surface area is 184 Å². The molecular formula is C24H25F2N3OS. The highest BCUT2D eigenvalue weighted by molar-refractivity contribution is 8.15. The Hall–Kier alpha value is -2.25. The molecule has 1 saturated carbocycles. The number of aryl methyl sites for hydroxylation is 1. The number of halogens is 2. The zero-order valence-electron chi connectivity index (χ0n) is 17.2. The number of hydrogen-bond donors (Lipinski definition) is 1. The number of hydrazone groups is 1. The van der Waals surface area contributed by atoms with Crippen LogP contribution in [0.3, 0.4) is 0 Å². The van der Waals surface area contributed by atoms with Crippen molar-refractivity contribution in [3.05, 3.63) is 70.8 Å². The quantitative estimate of drug-likeness (QED) is 0.721. The highest BCUT2D eigenvalue weighted by Crippen LogP contribution is 2.54. The summed E-state index contributed by atoms with van der Waals surface area (Å²) in [6.45, 7) is 0. The minimum absolute atomic E-state index is 0.0390. The van der Waals surface area contributed by atoms with Gasteiger partial charge in [0.25, 0.3) is 0 Å². The zero-order valence-corrected chi connectivity index (χ0v) is 18.0. The predicted molar refractivity (Wildman–Crippen MR) is 118 cm³/mol. The van der Waals surface area contributed by atoms with Crippen LogP contribution in [0.2, 0.25) is 0 Å². The molecule has 0 bridgehead atoms. The van der Waals surface area contributed by atoms with E-state index in [0.29, 0.717) is 5.04 Å². The van der Waals surface area contributed by atoms with Gasteiger partial charge >= 0.3 is 0 Å². The average Bonchev–Trinajstić information content (AvgIpc) is 3.15. The van der Waals surface area contributed by atoms with Gasteiger partial charge in [-0.05, 0) is 74.3 Å². The summed E-state index contributed by atoms with van der Waals surface area (Å²) >= 11 is 1.38. The molecule has 2 aliphatic carbocycles. The van der Waals surface area contributed by atoms with Gasteiger partial charge in [0, 0.05) is 17.5 Å². The van der Waals surface area contributed by atoms with Crippen LogP contribution in [0.1, 0.15) is 55.2 Å². The number of nitrogens with zero attached hydrogens (tertiary/aromatic N) is 2. The van der Waals surface area contributed by atoms with Crippen LogP contribution in [0.5, 0.6) is 0 Å². The van der Waals surface area contributed by atoms with Crippen LogP contribution >= 0.6 is 11.8 Å². The van der Waals surface area contributed by atoms with Crippen LogP contribution in [0.15, 0.2) is 47.6 Å². The summed E-state index contributed by atoms with van der Waals surface area (Å²) in [4.78, 5) is 13.0. The number of fused-ring (bicyclic) bond motifs is 2. The lowest BCUT2D eigenvalue weighted by atomic mass is 9.83. The Morgan fingerprint density at radius 2 is 1.90 bits per heavy atom. The molecule has 2 N–H and O–H groups in total. The van der Waals surface area contributed by atoms with Gasteiger partial charge in [0.15, 0.2) is 0 Å². The fourth-order valence-electron chi connectivity index (χ4n) is 5.03. The number of amides is 1. The van der Waals surface area contributed by atoms with E-state index in [9.17, 15) is 13.6 Å². The number of benzene rings is 2. The van der Waals surface area contributed by atoms with Crippen molar-refractivity contribution < 1.29 is 13.6 Å². The first-order chi connectivity index (χ1) is 15.0. The molecule has 0 saturated heterocycles. The average molecular weight is 442 g/mol. The Balaban J connectivity index is 1.59. The third kappa shape index (κ3) is 3.57. The smallest absolute Gasteiger partial charge is 0.247 e. The van der Waals surface area contributed by atoms with Crippen molar-refractivity contribution in [1.82, 2.24) is 5.01 Å². The largest absolute Gasteiger partial charge is 0.328 e. The van der Waals surface area contributed by atoms with Gasteiger partial charge in [-0.2, -0.15) is 5.10 Å². The lowest BCUT2D eigenvalue weighted by Gasteiger charge is -2.41. The molecule has 1 amide bonds. The normalized spacial score (nSPS) is 27.8. The van der Waals surface area contributed by atoms with Gasteiger partial charge in [-0.1, -0.05) is 36.0 Å². The fraction of sp³-hybridized carbons (Fsp3) is 0.417. The Bertz CT molecular complexity index is 1050. The number of thioether (sulfide) groups is 1. The molecule has 5 rings (SSSR count). The maximum Gasteiger partial charge on any atom is 0.247 e. The predicted octanol–water partition coefficient (Wildman–Crippen LogP) is 4.91. The second-order valence-corrected chi connectivity index (χ2v) is 9.95. The topological polar surface area (TPSA) is 58.7 Å². The second kappa shape index (κ2) is 8.02. The molecule has 1 heterocycles. The third-order valence-electron chi connectivity index (χ3n) is 6.69. The minimum atomic E-state index is -0.723. The summed E-state index contributed by atoms with van der Waals surface area (Å²) in [5, 5.41) is 6.61. The van der Waals surface area contributed by atoms with Crippen molar-refractivity contribution in [2.45, 2.75) is 55.9 Å². The third-order valence-corrected chi connectivity index (χ3v) is 8.12. The number of carbonyl (C=O) groups excluding carboxylic acids is 1. The maximum atomic E-state index is 14.6. The van der Waals surface area contributed by atoms with Crippen molar-refractivity contribution in [2.75, 3.05) is 0 Å². The van der Waals surface area contributed by atoms with E-state index in [0.717, 1.165) is 68.7 Å². The summed E-state index contributed by atoms with van der Waals surface area (Å²) < 4.78 is 28.6. The van der Waals surface area contributed by atoms with Crippen LogP contribution in [0.25, 0.3) is 0 Å². The second-order valence-electron chi connectivity index (χ2n) is 8.69. The van der Waals surface area contributed by atoms with E-state index in [-0.39, 0.29) is 23.4 Å². The van der Waals surface area contributed by atoms with Crippen molar-refractivity contribution in [2.24, 2.45) is 16.8 Å². The molecule has 7 heteroatoms. The van der Waals surface area contributed by atoms with Gasteiger partial charge in [-0.15, -0.1) is 0 Å². The summed E-state index contributed by atoms with van der Waals surface area (Å²) in [5.74, 6) is -1.25. The number of rotatable bonds is 2. The Kier molecular flexibility index (Phi) is 5.34. The number of hydrogen-bond acceptors (Lipinski definition) is 4. The standard InChI is InChI=1S/C24H25F2N3OS/c25-17-9-12-21(26)19(14-17)22-28-29(23(30)16-7-10-18(27)11-8-16)24(31-22)13-3-5-15-4-1-2-6-20(15)24/h1-2,4,6,9,12,14,16,18H,3,5,7-8,10-11,13,27H2/t16-,18-,24?. The lowest BCUT2D eigenvalue weighted by Crippen LogP contribution is -2.47. The first kappa shape index (κ1) is 20.6. The molecule has 3 aliphatic rings. The first-order valence-corrected chi connectivity index (χ1v) is 11.7. The van der Waals surface area contributed by atoms with Gasteiger partial charge in [0.05, 0.1) is 0 Å². The van der Waals surface area contributed by atoms with Crippen LogP contribution in [0.4, 0.5) is 8.78 Å². The molecule has 1 spiro atoms. The molecular weight excluding hydrogens is 416 g/mol. The molecule has 1 fully saturated rings. The fourth-order valence-corrected chi connectivity index (χ4v) is 6.51. The molecule has 1 atom stereocenters. The van der Waals surface area contributed by atoms with Crippen LogP contribution in [-0.4, -0.2) is 22.0 Å². The number of carbonyl (C=O) groups is 1. The summed E-state index contributed by atoms with van der Waals surface area (Å²) in [5.41, 5.74) is 8.38. The summed E-state index contributed by atoms with van der Waals surface area (Å²) in [6.07, 6.45) is 5.65. The van der Waals surface area contributed by atoms with Gasteiger partial charge in [0.2, 0.25) is 5.91 Å². The van der Waals surface area contributed by atoms with E-state index in [1.54, 1.807) is 5.01 Å². The van der Waals surface area contributed by atoms with E-state index < -0.39 is 16.5 Å².